The molecule has 8 heteroatoms. The van der Waals surface area contributed by atoms with E-state index in [0.717, 1.165) is 11.1 Å². The number of ether oxygens (including phenoxy) is 1. The van der Waals surface area contributed by atoms with Gasteiger partial charge in [-0.3, -0.25) is 9.59 Å². The minimum atomic E-state index is -0.639. The zero-order chi connectivity index (χ0) is 23.8. The quantitative estimate of drug-likeness (QED) is 0.601. The first-order valence-corrected chi connectivity index (χ1v) is 11.2. The monoisotopic (exact) mass is 452 g/mol. The molecule has 1 unspecified atom stereocenters. The summed E-state index contributed by atoms with van der Waals surface area (Å²) >= 11 is 0. The fourth-order valence-corrected chi connectivity index (χ4v) is 3.85. The molecule has 1 atom stereocenters. The van der Waals surface area contributed by atoms with E-state index in [-0.39, 0.29) is 23.9 Å². The van der Waals surface area contributed by atoms with Gasteiger partial charge in [-0.2, -0.15) is 0 Å². The van der Waals surface area contributed by atoms with Gasteiger partial charge in [0.2, 0.25) is 11.8 Å². The van der Waals surface area contributed by atoms with Gasteiger partial charge in [-0.05, 0) is 37.5 Å². The highest BCUT2D eigenvalue weighted by Crippen LogP contribution is 2.18. The maximum Gasteiger partial charge on any atom is 0.321 e. The molecule has 0 aromatic heterocycles. The first-order chi connectivity index (χ1) is 15.8. The van der Waals surface area contributed by atoms with Crippen molar-refractivity contribution in [3.05, 3.63) is 59.7 Å². The third kappa shape index (κ3) is 7.24. The van der Waals surface area contributed by atoms with E-state index in [1.807, 2.05) is 49.4 Å². The Kier molecular flexibility index (Phi) is 8.29. The third-order valence-corrected chi connectivity index (χ3v) is 5.70. The van der Waals surface area contributed by atoms with Crippen LogP contribution in [0.4, 0.5) is 10.5 Å². The van der Waals surface area contributed by atoms with Crippen LogP contribution in [0.3, 0.4) is 0 Å². The molecule has 0 bridgehead atoms. The number of hydrogen-bond donors (Lipinski definition) is 3. The summed E-state index contributed by atoms with van der Waals surface area (Å²) in [5, 5.41) is 8.70. The molecule has 0 spiro atoms. The molecule has 2 aromatic rings. The van der Waals surface area contributed by atoms with Gasteiger partial charge in [0.25, 0.3) is 0 Å². The van der Waals surface area contributed by atoms with Gasteiger partial charge < -0.3 is 25.6 Å². The van der Waals surface area contributed by atoms with Crippen molar-refractivity contribution in [1.82, 2.24) is 15.5 Å². The van der Waals surface area contributed by atoms with E-state index in [9.17, 15) is 14.4 Å². The summed E-state index contributed by atoms with van der Waals surface area (Å²) in [6.45, 7) is 4.48. The number of carbonyl (C=O) groups excluding carboxylic acids is 3. The number of hydrogen-bond acceptors (Lipinski definition) is 4. The smallest absolute Gasteiger partial charge is 0.321 e. The van der Waals surface area contributed by atoms with E-state index >= 15 is 0 Å². The van der Waals surface area contributed by atoms with Crippen molar-refractivity contribution >= 4 is 23.5 Å². The number of rotatable bonds is 7. The average molecular weight is 453 g/mol. The van der Waals surface area contributed by atoms with E-state index in [0.29, 0.717) is 43.8 Å². The first-order valence-electron chi connectivity index (χ1n) is 11.2. The maximum absolute atomic E-state index is 12.9. The molecular formula is C25H32N4O4. The van der Waals surface area contributed by atoms with Gasteiger partial charge in [0.15, 0.2) is 0 Å². The topological polar surface area (TPSA) is 99.8 Å². The molecule has 0 radical (unpaired) electrons. The number of piperidine rings is 1. The zero-order valence-electron chi connectivity index (χ0n) is 19.4. The van der Waals surface area contributed by atoms with Crippen molar-refractivity contribution < 1.29 is 19.1 Å². The Hall–Kier alpha value is -3.55. The molecule has 4 amide bonds. The average Bonchev–Trinajstić information content (AvgIpc) is 2.80. The number of nitrogens with zero attached hydrogens (tertiary/aromatic N) is 1. The van der Waals surface area contributed by atoms with Gasteiger partial charge in [-0.1, -0.05) is 35.9 Å². The lowest BCUT2D eigenvalue weighted by molar-refractivity contribution is -0.128. The Balaban J connectivity index is 1.51. The first kappa shape index (κ1) is 24.1. The van der Waals surface area contributed by atoms with Gasteiger partial charge in [0, 0.05) is 44.2 Å². The Labute approximate surface area is 194 Å². The van der Waals surface area contributed by atoms with E-state index in [1.54, 1.807) is 18.1 Å². The van der Waals surface area contributed by atoms with Crippen LogP contribution in [-0.4, -0.2) is 55.0 Å². The SMILES string of the molecule is COc1cccc(NC(=O)N2CCC(NC(=O)C(Cc3ccc(C)cc3)NC(C)=O)CC2)c1. The highest BCUT2D eigenvalue weighted by molar-refractivity contribution is 5.90. The lowest BCUT2D eigenvalue weighted by atomic mass is 10.0. The lowest BCUT2D eigenvalue weighted by Crippen LogP contribution is -2.53. The van der Waals surface area contributed by atoms with Gasteiger partial charge in [-0.15, -0.1) is 0 Å². The van der Waals surface area contributed by atoms with Crippen LogP contribution in [0.2, 0.25) is 0 Å². The van der Waals surface area contributed by atoms with Crippen molar-refractivity contribution in [3.63, 3.8) is 0 Å². The number of amides is 4. The number of urea groups is 1. The summed E-state index contributed by atoms with van der Waals surface area (Å²) in [4.78, 5) is 38.9. The summed E-state index contributed by atoms with van der Waals surface area (Å²) < 4.78 is 5.19. The molecule has 8 nitrogen and oxygen atoms in total. The Morgan fingerprint density at radius 3 is 2.42 bits per heavy atom. The second-order valence-electron chi connectivity index (χ2n) is 8.37. The Morgan fingerprint density at radius 1 is 1.09 bits per heavy atom. The molecule has 3 rings (SSSR count). The number of carbonyl (C=O) groups is 3. The molecule has 176 valence electrons. The van der Waals surface area contributed by atoms with Crippen LogP contribution in [0.1, 0.15) is 30.9 Å². The summed E-state index contributed by atoms with van der Waals surface area (Å²) in [5.41, 5.74) is 2.80. The molecule has 1 saturated heterocycles. The van der Waals surface area contributed by atoms with Crippen molar-refractivity contribution in [1.29, 1.82) is 0 Å². The summed E-state index contributed by atoms with van der Waals surface area (Å²) in [7, 11) is 1.58. The van der Waals surface area contributed by atoms with Crippen LogP contribution >= 0.6 is 0 Å². The number of anilines is 1. The van der Waals surface area contributed by atoms with Crippen molar-refractivity contribution in [3.8, 4) is 5.75 Å². The van der Waals surface area contributed by atoms with Crippen molar-refractivity contribution in [2.45, 2.75) is 45.2 Å². The Morgan fingerprint density at radius 2 is 1.79 bits per heavy atom. The van der Waals surface area contributed by atoms with Crippen LogP contribution in [0.15, 0.2) is 48.5 Å². The number of methoxy groups -OCH3 is 1. The van der Waals surface area contributed by atoms with Crippen LogP contribution < -0.4 is 20.7 Å². The maximum atomic E-state index is 12.9. The van der Waals surface area contributed by atoms with Crippen LogP contribution in [0, 0.1) is 6.92 Å². The fourth-order valence-electron chi connectivity index (χ4n) is 3.85. The van der Waals surface area contributed by atoms with Gasteiger partial charge in [-0.25, -0.2) is 4.79 Å². The normalized spacial score (nSPS) is 14.8. The molecule has 33 heavy (non-hydrogen) atoms. The van der Waals surface area contributed by atoms with Crippen LogP contribution in [0.5, 0.6) is 5.75 Å². The van der Waals surface area contributed by atoms with E-state index < -0.39 is 6.04 Å². The molecule has 2 aromatic carbocycles. The molecule has 0 aliphatic carbocycles. The molecule has 1 heterocycles. The summed E-state index contributed by atoms with van der Waals surface area (Å²) in [5.74, 6) is 0.227. The molecule has 1 aliphatic rings. The summed E-state index contributed by atoms with van der Waals surface area (Å²) in [6, 6.07) is 14.3. The molecule has 1 fully saturated rings. The van der Waals surface area contributed by atoms with Crippen molar-refractivity contribution in [2.75, 3.05) is 25.5 Å². The van der Waals surface area contributed by atoms with E-state index in [4.69, 9.17) is 4.74 Å². The molecule has 3 N–H and O–H groups in total. The second kappa shape index (κ2) is 11.4. The number of aryl methyl sites for hydroxylation is 1. The van der Waals surface area contributed by atoms with Crippen LogP contribution in [-0.2, 0) is 16.0 Å². The molecule has 1 aliphatic heterocycles. The number of likely N-dealkylation sites (tertiary alicyclic amines) is 1. The second-order valence-corrected chi connectivity index (χ2v) is 8.37. The molecule has 0 saturated carbocycles. The summed E-state index contributed by atoms with van der Waals surface area (Å²) in [6.07, 6.45) is 1.72. The van der Waals surface area contributed by atoms with Gasteiger partial charge in [0.1, 0.15) is 11.8 Å². The predicted molar refractivity (Wildman–Crippen MR) is 127 cm³/mol. The number of benzene rings is 2. The molecular weight excluding hydrogens is 420 g/mol. The highest BCUT2D eigenvalue weighted by Gasteiger charge is 2.27. The van der Waals surface area contributed by atoms with E-state index in [1.165, 1.54) is 6.92 Å². The largest absolute Gasteiger partial charge is 0.497 e. The van der Waals surface area contributed by atoms with E-state index in [2.05, 4.69) is 16.0 Å². The highest BCUT2D eigenvalue weighted by atomic mass is 16.5. The minimum absolute atomic E-state index is 0.0485. The standard InChI is InChI=1S/C25H32N4O4/c1-17-7-9-19(10-8-17)15-23(26-18(2)30)24(31)27-20-11-13-29(14-12-20)25(32)28-21-5-4-6-22(16-21)33-3/h4-10,16,20,23H,11-15H2,1-3H3,(H,26,30)(H,27,31)(H,28,32). The fraction of sp³-hybridized carbons (Fsp3) is 0.400. The van der Waals surface area contributed by atoms with Crippen molar-refractivity contribution in [2.24, 2.45) is 0 Å². The van der Waals surface area contributed by atoms with Crippen LogP contribution in [0.25, 0.3) is 0 Å². The number of nitrogens with one attached hydrogen (secondary N) is 3. The van der Waals surface area contributed by atoms with Gasteiger partial charge in [0.05, 0.1) is 7.11 Å². The zero-order valence-corrected chi connectivity index (χ0v) is 19.4. The predicted octanol–water partition coefficient (Wildman–Crippen LogP) is 2.86. The minimum Gasteiger partial charge on any atom is -0.497 e. The lowest BCUT2D eigenvalue weighted by Gasteiger charge is -2.33. The third-order valence-electron chi connectivity index (χ3n) is 5.70. The van der Waals surface area contributed by atoms with Gasteiger partial charge >= 0.3 is 6.03 Å². The Bertz CT molecular complexity index is 969.